The number of aromatic amines is 2. The average Bonchev–Trinajstić information content (AvgIpc) is 1.63. The molecule has 6 rings (SSSR count). The minimum atomic E-state index is -2.70. The van der Waals surface area contributed by atoms with E-state index >= 15 is 14.4 Å². The number of Topliss-reactive ketones (excluding diaryl/α,β-unsaturated/α-hetero) is 2. The van der Waals surface area contributed by atoms with E-state index in [2.05, 4.69) is 55.7 Å². The first-order valence-electron chi connectivity index (χ1n) is 37.0. The topological polar surface area (TPSA) is 595 Å². The number of amides is 9. The molecule has 1 fully saturated rings. The molecule has 0 spiro atoms. The molecule has 1 aliphatic rings. The van der Waals surface area contributed by atoms with Gasteiger partial charge in [0.2, 0.25) is 53.2 Å². The van der Waals surface area contributed by atoms with Gasteiger partial charge in [-0.15, -0.1) is 0 Å². The lowest BCUT2D eigenvalue weighted by molar-refractivity contribution is -0.150. The summed E-state index contributed by atoms with van der Waals surface area (Å²) < 4.78 is 5.96. The number of carbonyl (C=O) groups excluding carboxylic acids is 13. The average molecular weight is 1590 g/mol. The molecule has 614 valence electrons. The molecule has 0 saturated carbocycles. The minimum absolute atomic E-state index is 0.174. The van der Waals surface area contributed by atoms with Crippen LogP contribution in [0.5, 0.6) is 5.75 Å². The molecule has 5 aromatic rings. The Morgan fingerprint density at radius 1 is 0.623 bits per heavy atom. The predicted molar refractivity (Wildman–Crippen MR) is 405 cm³/mol. The van der Waals surface area contributed by atoms with Gasteiger partial charge in [0.05, 0.1) is 56.3 Å². The smallest absolute Gasteiger partial charge is 0.334 e. The summed E-state index contributed by atoms with van der Waals surface area (Å²) in [5.41, 5.74) is 5.85. The van der Waals surface area contributed by atoms with Gasteiger partial charge in [-0.25, -0.2) is 4.79 Å². The van der Waals surface area contributed by atoms with E-state index in [1.54, 1.807) is 54.6 Å². The summed E-state index contributed by atoms with van der Waals surface area (Å²) in [7, 11) is 0. The number of ketones is 3. The number of hydrogen-bond acceptors (Lipinski definition) is 21. The highest BCUT2D eigenvalue weighted by atomic mass is 16.5. The standard InChI is InChI=1S/C78H97N11O25/c1-41(2)17-11-9-7-5-4-6-8-10-12-18-50(92)30-48(40-90)72(107)88-66-42(3)114-78(113)45(29-46-37-80-53-21-15-13-19-51(46)53)33-59(93)55(27-28-62(96)97)83-77(112)68(69(104)70(79)105)87-61(95)39-82-73(108)58(36-65(102)103)86-76(111)67(43-23-25-49(91)26-24-43)89-71(106)44(34-63(98)99)32-60(94)56(35-64(100)101)84-74(109)57(85-75(66)110)31-47-38-81-54-22-16-14-20-52(47)54/h12-16,18-26,29,37-38,41-42,44,48,55-58,66-69,80-81,90-91,104H,4-11,17,27-28,30-36,39-40H2,1-3H3,(H2,79,105)(H,82,108)(H,83,112)(H,84,109)(H,85,110)(H,86,111)(H,87,95)(H,88,107)(H,89,106)(H,96,97)(H,98,99)(H,100,101)(H,102,103)/b18-12+,45-29+/t42-,44+,48+,55-,56+,57-,58+,66+,67-,68-,69+/m1/s1. The van der Waals surface area contributed by atoms with E-state index in [4.69, 9.17) is 10.5 Å². The fourth-order valence-electron chi connectivity index (χ4n) is 12.6. The molecular weight excluding hydrogens is 1490 g/mol. The van der Waals surface area contributed by atoms with Crippen LogP contribution in [0.4, 0.5) is 0 Å². The Balaban J connectivity index is 1.50. The normalized spacial score (nSPS) is 21.6. The summed E-state index contributed by atoms with van der Waals surface area (Å²) in [6.07, 6.45) is 1.51. The number of H-pyrrole nitrogens is 2. The molecule has 3 heterocycles. The van der Waals surface area contributed by atoms with Crippen molar-refractivity contribution in [2.75, 3.05) is 13.2 Å². The number of aromatic hydroxyl groups is 1. The number of unbranched alkanes of at least 4 members (excludes halogenated alkanes) is 7. The number of carboxylic acid groups (broad SMARTS) is 4. The maximum absolute atomic E-state index is 15.5. The van der Waals surface area contributed by atoms with Gasteiger partial charge in [0.25, 0.3) is 0 Å². The van der Waals surface area contributed by atoms with Gasteiger partial charge in [-0.2, -0.15) is 0 Å². The quantitative estimate of drug-likeness (QED) is 0.0171. The zero-order valence-electron chi connectivity index (χ0n) is 62.9. The van der Waals surface area contributed by atoms with Crippen LogP contribution >= 0.6 is 0 Å². The predicted octanol–water partition coefficient (Wildman–Crippen LogP) is 1.77. The van der Waals surface area contributed by atoms with Crippen LogP contribution < -0.4 is 48.3 Å². The van der Waals surface area contributed by atoms with Crippen LogP contribution in [-0.4, -0.2) is 208 Å². The molecule has 11 atom stereocenters. The lowest BCUT2D eigenvalue weighted by Gasteiger charge is -2.29. The van der Waals surface area contributed by atoms with Crippen molar-refractivity contribution in [3.05, 3.63) is 120 Å². The fraction of sp³-hybridized carbons (Fsp3) is 0.449. The van der Waals surface area contributed by atoms with Crippen LogP contribution in [0.3, 0.4) is 0 Å². The molecule has 9 amide bonds. The molecule has 19 N–H and O–H groups in total. The van der Waals surface area contributed by atoms with E-state index in [9.17, 15) is 103 Å². The second-order valence-electron chi connectivity index (χ2n) is 28.1. The second-order valence-corrected chi connectivity index (χ2v) is 28.1. The Morgan fingerprint density at radius 2 is 1.21 bits per heavy atom. The number of phenolic OH excluding ortho intramolecular Hbond substituents is 1. The number of nitrogens with two attached hydrogens (primary N) is 1. The fourth-order valence-corrected chi connectivity index (χ4v) is 12.6. The second kappa shape index (κ2) is 44.5. The van der Waals surface area contributed by atoms with Gasteiger partial charge < -0.3 is 98.7 Å². The number of aliphatic carboxylic acids is 4. The number of aliphatic hydroxyl groups excluding tert-OH is 2. The molecule has 114 heavy (non-hydrogen) atoms. The molecule has 0 unspecified atom stereocenters. The van der Waals surface area contributed by atoms with Crippen molar-refractivity contribution in [3.8, 4) is 5.75 Å². The SMILES string of the molecule is CC(C)CCCCCCCCC/C=C/C(=O)C[C@@H](CO)C(=O)N[C@@H]1C(=O)N[C@H](Cc2c[nH]c3ccccc23)C(=O)N[C@@H](CC(=O)O)C(=O)C[C@@H](CC(=O)O)C(=O)N[C@H](c2ccc(O)cc2)C(=O)N[C@@H](CC(=O)O)C(=O)NCC(=O)N[C@H]([C@H](O)C(N)=O)C(=O)N[C@H](CCC(=O)O)C(=O)C/C(=C\c2c[nH]c3ccccc23)C(=O)O[C@@H]1C. The third kappa shape index (κ3) is 28.7. The van der Waals surface area contributed by atoms with Gasteiger partial charge >= 0.3 is 29.8 Å². The number of allylic oxidation sites excluding steroid dienone is 2. The van der Waals surface area contributed by atoms with Crippen molar-refractivity contribution >= 4 is 128 Å². The number of cyclic esters (lactones) is 1. The summed E-state index contributed by atoms with van der Waals surface area (Å²) in [6.45, 7) is 3.08. The number of carbonyl (C=O) groups is 17. The van der Waals surface area contributed by atoms with Crippen LogP contribution in [-0.2, 0) is 92.7 Å². The molecule has 1 saturated heterocycles. The van der Waals surface area contributed by atoms with Crippen molar-refractivity contribution in [1.82, 2.24) is 52.5 Å². The summed E-state index contributed by atoms with van der Waals surface area (Å²) >= 11 is 0. The Hall–Kier alpha value is -12.5. The molecule has 36 nitrogen and oxygen atoms in total. The van der Waals surface area contributed by atoms with Crippen molar-refractivity contribution < 1.29 is 122 Å². The van der Waals surface area contributed by atoms with Gasteiger partial charge in [0.1, 0.15) is 42.1 Å². The highest BCUT2D eigenvalue weighted by molar-refractivity contribution is 6.06. The Kier molecular flexibility index (Phi) is 35.3. The number of para-hydroxylation sites is 2. The largest absolute Gasteiger partial charge is 0.508 e. The van der Waals surface area contributed by atoms with Crippen LogP contribution in [0, 0.1) is 17.8 Å². The Morgan fingerprint density at radius 3 is 1.84 bits per heavy atom. The minimum Gasteiger partial charge on any atom is -0.508 e. The van der Waals surface area contributed by atoms with Crippen LogP contribution in [0.2, 0.25) is 0 Å². The van der Waals surface area contributed by atoms with Gasteiger partial charge in [0, 0.05) is 77.4 Å². The number of aromatic nitrogens is 2. The zero-order valence-corrected chi connectivity index (χ0v) is 62.9. The molecule has 1 aliphatic heterocycles. The molecular formula is C78H97N11O25. The zero-order chi connectivity index (χ0) is 83.9. The number of esters is 1. The van der Waals surface area contributed by atoms with Crippen LogP contribution in [0.15, 0.2) is 103 Å². The third-order valence-electron chi connectivity index (χ3n) is 18.7. The van der Waals surface area contributed by atoms with E-state index in [1.165, 1.54) is 18.5 Å². The lowest BCUT2D eigenvalue weighted by Crippen LogP contribution is -2.60. The van der Waals surface area contributed by atoms with Crippen molar-refractivity contribution in [2.24, 2.45) is 23.5 Å². The van der Waals surface area contributed by atoms with Crippen LogP contribution in [0.1, 0.15) is 153 Å². The number of rotatable bonds is 31. The molecule has 0 aliphatic carbocycles. The number of hydrogen-bond donors (Lipinski definition) is 18. The van der Waals surface area contributed by atoms with Gasteiger partial charge in [-0.3, -0.25) is 76.7 Å². The first-order chi connectivity index (χ1) is 54.1. The van der Waals surface area contributed by atoms with Gasteiger partial charge in [0.15, 0.2) is 23.5 Å². The van der Waals surface area contributed by atoms with E-state index in [1.807, 2.05) is 10.6 Å². The van der Waals surface area contributed by atoms with E-state index < -0.39 is 249 Å². The molecule has 0 radical (unpaired) electrons. The maximum Gasteiger partial charge on any atom is 0.334 e. The van der Waals surface area contributed by atoms with Crippen molar-refractivity contribution in [3.63, 3.8) is 0 Å². The van der Waals surface area contributed by atoms with E-state index in [0.29, 0.717) is 34.1 Å². The lowest BCUT2D eigenvalue weighted by atomic mass is 9.92. The first-order valence-corrected chi connectivity index (χ1v) is 37.0. The molecule has 36 heteroatoms. The Bertz CT molecular complexity index is 4390. The number of aliphatic hydroxyl groups is 2. The summed E-state index contributed by atoms with van der Waals surface area (Å²) in [5.74, 6) is -28.3. The number of nitrogens with one attached hydrogen (secondary N) is 10. The molecule has 3 aromatic carbocycles. The third-order valence-corrected chi connectivity index (χ3v) is 18.7. The first kappa shape index (κ1) is 90.4. The number of ether oxygens (including phenoxy) is 1. The van der Waals surface area contributed by atoms with E-state index in [0.717, 1.165) is 88.6 Å². The Labute approximate surface area is 653 Å². The highest BCUT2D eigenvalue weighted by Crippen LogP contribution is 2.27. The number of phenols is 1. The van der Waals surface area contributed by atoms with Crippen LogP contribution in [0.25, 0.3) is 27.9 Å². The van der Waals surface area contributed by atoms with Gasteiger partial charge in [-0.05, 0) is 79.6 Å². The number of carboxylic acids is 4. The maximum atomic E-state index is 15.5. The molecule has 2 aromatic heterocycles. The highest BCUT2D eigenvalue weighted by Gasteiger charge is 2.41. The number of benzene rings is 3. The summed E-state index contributed by atoms with van der Waals surface area (Å²) in [5, 5.41) is 90.5. The summed E-state index contributed by atoms with van der Waals surface area (Å²) in [4.78, 5) is 243. The number of primary amides is 1. The summed E-state index contributed by atoms with van der Waals surface area (Å²) in [6, 6.07) is 1.71. The van der Waals surface area contributed by atoms with Crippen molar-refractivity contribution in [2.45, 2.75) is 191 Å². The van der Waals surface area contributed by atoms with Gasteiger partial charge in [-0.1, -0.05) is 113 Å². The van der Waals surface area contributed by atoms with E-state index in [-0.39, 0.29) is 16.7 Å². The molecule has 0 bridgehead atoms. The monoisotopic (exact) mass is 1590 g/mol. The number of fused-ring (bicyclic) bond motifs is 2. The van der Waals surface area contributed by atoms with Crippen molar-refractivity contribution in [1.29, 1.82) is 0 Å².